The highest BCUT2D eigenvalue weighted by Gasteiger charge is 2.24. The van der Waals surface area contributed by atoms with Crippen LogP contribution in [-0.2, 0) is 14.8 Å². The standard InChI is InChI=1S/C24H31N7O3S/c1-35(32,33)31-11-6-19(7-12-31)29-18-4-2-17(3-5-18)21-14-22-23(27-9-8-26-22)24(30-21)28-16-20-15-25-10-13-34-20/h2-5,8-9,14,19-20,25,29H,6-7,10-13,15-16H2,1H3,(H,28,30). The Hall–Kier alpha value is -2.86. The number of aromatic nitrogens is 3. The number of hydrogen-bond donors (Lipinski definition) is 3. The topological polar surface area (TPSA) is 121 Å². The minimum absolute atomic E-state index is 0.0792. The first kappa shape index (κ1) is 23.9. The molecule has 2 saturated heterocycles. The predicted octanol–water partition coefficient (Wildman–Crippen LogP) is 1.93. The number of benzene rings is 1. The summed E-state index contributed by atoms with van der Waals surface area (Å²) in [5, 5.41) is 10.3. The molecule has 2 aliphatic rings. The molecule has 0 aliphatic carbocycles. The molecule has 5 rings (SSSR count). The van der Waals surface area contributed by atoms with Crippen molar-refractivity contribution in [2.75, 3.05) is 56.2 Å². The average molecular weight is 498 g/mol. The number of fused-ring (bicyclic) bond motifs is 1. The Morgan fingerprint density at radius 1 is 1.14 bits per heavy atom. The molecule has 11 heteroatoms. The largest absolute Gasteiger partial charge is 0.382 e. The molecule has 0 bridgehead atoms. The molecule has 1 unspecified atom stereocenters. The van der Waals surface area contributed by atoms with Gasteiger partial charge >= 0.3 is 0 Å². The molecule has 35 heavy (non-hydrogen) atoms. The number of pyridine rings is 1. The monoisotopic (exact) mass is 497 g/mol. The lowest BCUT2D eigenvalue weighted by Crippen LogP contribution is -2.42. The van der Waals surface area contributed by atoms with Crippen molar-refractivity contribution in [1.82, 2.24) is 24.6 Å². The molecular formula is C24H31N7O3S. The van der Waals surface area contributed by atoms with Gasteiger partial charge in [-0.1, -0.05) is 12.1 Å². The zero-order chi connectivity index (χ0) is 24.3. The fraction of sp³-hybridized carbons (Fsp3) is 0.458. The number of sulfonamides is 1. The minimum atomic E-state index is -3.11. The lowest BCUT2D eigenvalue weighted by atomic mass is 10.1. The predicted molar refractivity (Wildman–Crippen MR) is 137 cm³/mol. The maximum Gasteiger partial charge on any atom is 0.211 e. The normalized spacial score (nSPS) is 20.1. The molecule has 1 atom stereocenters. The number of nitrogens with one attached hydrogen (secondary N) is 3. The SMILES string of the molecule is CS(=O)(=O)N1CCC(Nc2ccc(-c3cc4nccnc4c(NCC4CNCCO4)n3)cc2)CC1. The van der Waals surface area contributed by atoms with Gasteiger partial charge in [0.25, 0.3) is 0 Å². The van der Waals surface area contributed by atoms with Gasteiger partial charge in [-0.15, -0.1) is 0 Å². The number of ether oxygens (including phenoxy) is 1. The fourth-order valence-corrected chi connectivity index (χ4v) is 5.38. The average Bonchev–Trinajstić information content (AvgIpc) is 2.88. The van der Waals surface area contributed by atoms with Crippen molar-refractivity contribution < 1.29 is 13.2 Å². The van der Waals surface area contributed by atoms with E-state index in [0.29, 0.717) is 32.1 Å². The van der Waals surface area contributed by atoms with Crippen molar-refractivity contribution in [2.45, 2.75) is 25.0 Å². The highest BCUT2D eigenvalue weighted by Crippen LogP contribution is 2.27. The molecular weight excluding hydrogens is 466 g/mol. The summed E-state index contributed by atoms with van der Waals surface area (Å²) < 4.78 is 30.8. The number of piperidine rings is 1. The van der Waals surface area contributed by atoms with Gasteiger partial charge in [0.2, 0.25) is 10.0 Å². The zero-order valence-corrected chi connectivity index (χ0v) is 20.6. The summed E-state index contributed by atoms with van der Waals surface area (Å²) >= 11 is 0. The highest BCUT2D eigenvalue weighted by molar-refractivity contribution is 7.88. The van der Waals surface area contributed by atoms with Crippen molar-refractivity contribution in [1.29, 1.82) is 0 Å². The zero-order valence-electron chi connectivity index (χ0n) is 19.8. The van der Waals surface area contributed by atoms with E-state index in [1.165, 1.54) is 6.26 Å². The molecule has 0 radical (unpaired) electrons. The van der Waals surface area contributed by atoms with E-state index in [4.69, 9.17) is 9.72 Å². The van der Waals surface area contributed by atoms with Gasteiger partial charge in [0.15, 0.2) is 5.82 Å². The minimum Gasteiger partial charge on any atom is -0.382 e. The van der Waals surface area contributed by atoms with E-state index in [0.717, 1.165) is 53.9 Å². The molecule has 3 aromatic rings. The second-order valence-corrected chi connectivity index (χ2v) is 11.0. The van der Waals surface area contributed by atoms with Gasteiger partial charge in [-0.2, -0.15) is 0 Å². The molecule has 2 fully saturated rings. The van der Waals surface area contributed by atoms with Crippen molar-refractivity contribution in [2.24, 2.45) is 0 Å². The quantitative estimate of drug-likeness (QED) is 0.449. The molecule has 10 nitrogen and oxygen atoms in total. The molecule has 4 heterocycles. The third-order valence-electron chi connectivity index (χ3n) is 6.43. The Morgan fingerprint density at radius 3 is 2.63 bits per heavy atom. The van der Waals surface area contributed by atoms with Crippen LogP contribution in [0.2, 0.25) is 0 Å². The van der Waals surface area contributed by atoms with Gasteiger partial charge in [-0.3, -0.25) is 4.98 Å². The molecule has 2 aliphatic heterocycles. The molecule has 0 saturated carbocycles. The van der Waals surface area contributed by atoms with Crippen molar-refractivity contribution in [3.8, 4) is 11.3 Å². The Balaban J connectivity index is 1.29. The number of rotatable bonds is 7. The summed E-state index contributed by atoms with van der Waals surface area (Å²) in [6, 6.07) is 10.4. The Kier molecular flexibility index (Phi) is 7.09. The van der Waals surface area contributed by atoms with Crippen LogP contribution in [0.3, 0.4) is 0 Å². The second-order valence-electron chi connectivity index (χ2n) is 9.02. The van der Waals surface area contributed by atoms with Crippen LogP contribution in [0.5, 0.6) is 0 Å². The first-order chi connectivity index (χ1) is 17.0. The Labute approximate surface area is 205 Å². The van der Waals surface area contributed by atoms with Crippen molar-refractivity contribution >= 4 is 32.6 Å². The van der Waals surface area contributed by atoms with E-state index in [-0.39, 0.29) is 12.1 Å². The molecule has 186 valence electrons. The van der Waals surface area contributed by atoms with Crippen molar-refractivity contribution in [3.05, 3.63) is 42.7 Å². The van der Waals surface area contributed by atoms with Crippen LogP contribution in [0.1, 0.15) is 12.8 Å². The van der Waals surface area contributed by atoms with Crippen LogP contribution in [-0.4, -0.2) is 85.4 Å². The second kappa shape index (κ2) is 10.4. The van der Waals surface area contributed by atoms with Crippen LogP contribution >= 0.6 is 0 Å². The van der Waals surface area contributed by atoms with Gasteiger partial charge in [0, 0.05) is 62.4 Å². The summed E-state index contributed by atoms with van der Waals surface area (Å²) in [5.41, 5.74) is 4.32. The van der Waals surface area contributed by atoms with E-state index in [1.807, 2.05) is 30.3 Å². The molecule has 1 aromatic carbocycles. The molecule has 2 aromatic heterocycles. The van der Waals surface area contributed by atoms with Crippen LogP contribution in [0.4, 0.5) is 11.5 Å². The lowest BCUT2D eigenvalue weighted by Gasteiger charge is -2.31. The van der Waals surface area contributed by atoms with Gasteiger partial charge in [0.05, 0.1) is 30.2 Å². The van der Waals surface area contributed by atoms with E-state index in [9.17, 15) is 8.42 Å². The van der Waals surface area contributed by atoms with Gasteiger partial charge < -0.3 is 20.7 Å². The first-order valence-electron chi connectivity index (χ1n) is 12.0. The molecule has 3 N–H and O–H groups in total. The first-order valence-corrected chi connectivity index (χ1v) is 13.8. The van der Waals surface area contributed by atoms with E-state index in [1.54, 1.807) is 16.7 Å². The maximum atomic E-state index is 11.7. The summed E-state index contributed by atoms with van der Waals surface area (Å²) in [6.07, 6.45) is 6.29. The van der Waals surface area contributed by atoms with Gasteiger partial charge in [-0.25, -0.2) is 22.7 Å². The maximum absolute atomic E-state index is 11.7. The molecule has 0 amide bonds. The smallest absolute Gasteiger partial charge is 0.211 e. The summed E-state index contributed by atoms with van der Waals surface area (Å²) in [4.78, 5) is 13.8. The number of nitrogens with zero attached hydrogens (tertiary/aromatic N) is 4. The van der Waals surface area contributed by atoms with E-state index >= 15 is 0 Å². The summed E-state index contributed by atoms with van der Waals surface area (Å²) in [7, 11) is -3.11. The van der Waals surface area contributed by atoms with Gasteiger partial charge in [0.1, 0.15) is 5.52 Å². The lowest BCUT2D eigenvalue weighted by molar-refractivity contribution is 0.0372. The number of anilines is 2. The third-order valence-corrected chi connectivity index (χ3v) is 7.74. The number of morpholine rings is 1. The van der Waals surface area contributed by atoms with Crippen LogP contribution in [0.15, 0.2) is 42.7 Å². The van der Waals surface area contributed by atoms with E-state index in [2.05, 4.69) is 25.9 Å². The van der Waals surface area contributed by atoms with Gasteiger partial charge in [-0.05, 0) is 31.0 Å². The van der Waals surface area contributed by atoms with Crippen molar-refractivity contribution in [3.63, 3.8) is 0 Å². The van der Waals surface area contributed by atoms with Crippen LogP contribution < -0.4 is 16.0 Å². The Morgan fingerprint density at radius 2 is 1.91 bits per heavy atom. The van der Waals surface area contributed by atoms with Crippen LogP contribution in [0, 0.1) is 0 Å². The summed E-state index contributed by atoms with van der Waals surface area (Å²) in [6.45, 7) is 4.12. The highest BCUT2D eigenvalue weighted by atomic mass is 32.2. The van der Waals surface area contributed by atoms with E-state index < -0.39 is 10.0 Å². The third kappa shape index (κ3) is 5.87. The van der Waals surface area contributed by atoms with Crippen LogP contribution in [0.25, 0.3) is 22.3 Å². The molecule has 0 spiro atoms. The number of hydrogen-bond acceptors (Lipinski definition) is 9. The summed E-state index contributed by atoms with van der Waals surface area (Å²) in [5.74, 6) is 0.694. The fourth-order valence-electron chi connectivity index (χ4n) is 4.51. The Bertz CT molecular complexity index is 1260.